The smallest absolute Gasteiger partial charge is 0.316 e. The molecule has 0 radical (unpaired) electrons. The fourth-order valence-corrected chi connectivity index (χ4v) is 2.35. The predicted molar refractivity (Wildman–Crippen MR) is 65.4 cm³/mol. The van der Waals surface area contributed by atoms with Crippen LogP contribution in [0.15, 0.2) is 29.2 Å². The summed E-state index contributed by atoms with van der Waals surface area (Å²) in [5, 5.41) is 17.1. The Morgan fingerprint density at radius 2 is 2.06 bits per heavy atom. The van der Waals surface area contributed by atoms with E-state index >= 15 is 0 Å². The van der Waals surface area contributed by atoms with E-state index in [4.69, 9.17) is 10.2 Å². The van der Waals surface area contributed by atoms with Gasteiger partial charge in [-0.3, -0.25) is 9.59 Å². The highest BCUT2D eigenvalue weighted by Crippen LogP contribution is 2.26. The Morgan fingerprint density at radius 3 is 2.59 bits per heavy atom. The third-order valence-electron chi connectivity index (χ3n) is 2.18. The van der Waals surface area contributed by atoms with Gasteiger partial charge >= 0.3 is 11.9 Å². The van der Waals surface area contributed by atoms with Gasteiger partial charge in [-0.2, -0.15) is 0 Å². The van der Waals surface area contributed by atoms with Crippen molar-refractivity contribution in [2.75, 3.05) is 0 Å². The summed E-state index contributed by atoms with van der Waals surface area (Å²) < 4.78 is 0. The minimum atomic E-state index is -0.891. The molecule has 0 fully saturated rings. The third kappa shape index (κ3) is 4.48. The number of thioether (sulfide) groups is 1. The zero-order chi connectivity index (χ0) is 12.8. The SMILES string of the molecule is CCC(Sc1cccc(CC(=O)O)c1)C(=O)O. The molecule has 0 aromatic heterocycles. The Morgan fingerprint density at radius 1 is 1.35 bits per heavy atom. The lowest BCUT2D eigenvalue weighted by atomic mass is 10.2. The molecule has 0 spiro atoms. The Balaban J connectivity index is 2.77. The van der Waals surface area contributed by atoms with Gasteiger partial charge in [0.2, 0.25) is 0 Å². The van der Waals surface area contributed by atoms with Crippen LogP contribution in [0.5, 0.6) is 0 Å². The molecule has 0 heterocycles. The monoisotopic (exact) mass is 254 g/mol. The lowest BCUT2D eigenvalue weighted by Gasteiger charge is -2.09. The molecule has 0 aliphatic carbocycles. The first kappa shape index (κ1) is 13.6. The molecule has 1 atom stereocenters. The van der Waals surface area contributed by atoms with Crippen LogP contribution in [0.1, 0.15) is 18.9 Å². The molecule has 1 rings (SSSR count). The number of hydrogen-bond donors (Lipinski definition) is 2. The molecule has 1 aromatic rings. The van der Waals surface area contributed by atoms with Crippen molar-refractivity contribution in [3.63, 3.8) is 0 Å². The molecule has 0 aliphatic heterocycles. The molecule has 0 bridgehead atoms. The van der Waals surface area contributed by atoms with Gasteiger partial charge in [-0.25, -0.2) is 0 Å². The summed E-state index contributed by atoms with van der Waals surface area (Å²) in [4.78, 5) is 22.2. The first-order valence-electron chi connectivity index (χ1n) is 5.23. The van der Waals surface area contributed by atoms with Crippen molar-refractivity contribution in [2.45, 2.75) is 29.9 Å². The Kier molecular flexibility index (Phi) is 5.03. The lowest BCUT2D eigenvalue weighted by Crippen LogP contribution is -2.14. The lowest BCUT2D eigenvalue weighted by molar-refractivity contribution is -0.137. The van der Waals surface area contributed by atoms with Gasteiger partial charge in [0.1, 0.15) is 5.25 Å². The maximum absolute atomic E-state index is 10.9. The van der Waals surface area contributed by atoms with Crippen molar-refractivity contribution >= 4 is 23.7 Å². The summed E-state index contributed by atoms with van der Waals surface area (Å²) in [5.41, 5.74) is 0.683. The number of carbonyl (C=O) groups is 2. The largest absolute Gasteiger partial charge is 0.481 e. The van der Waals surface area contributed by atoms with Gasteiger partial charge in [-0.1, -0.05) is 19.1 Å². The number of carboxylic acid groups (broad SMARTS) is 2. The standard InChI is InChI=1S/C12H14O4S/c1-2-10(12(15)16)17-9-5-3-4-8(6-9)7-11(13)14/h3-6,10H,2,7H2,1H3,(H,13,14)(H,15,16). The van der Waals surface area contributed by atoms with Crippen molar-refractivity contribution in [3.05, 3.63) is 29.8 Å². The molecule has 1 unspecified atom stereocenters. The molecule has 2 N–H and O–H groups in total. The van der Waals surface area contributed by atoms with E-state index in [1.807, 2.05) is 6.92 Å². The highest BCUT2D eigenvalue weighted by atomic mass is 32.2. The fourth-order valence-electron chi connectivity index (χ4n) is 1.38. The van der Waals surface area contributed by atoms with E-state index in [0.717, 1.165) is 4.90 Å². The molecule has 0 saturated heterocycles. The van der Waals surface area contributed by atoms with Crippen molar-refractivity contribution in [1.82, 2.24) is 0 Å². The molecule has 0 aliphatic rings. The number of carboxylic acids is 2. The van der Waals surface area contributed by atoms with Crippen LogP contribution in [0.2, 0.25) is 0 Å². The minimum Gasteiger partial charge on any atom is -0.481 e. The molecule has 92 valence electrons. The Labute approximate surface area is 104 Å². The topological polar surface area (TPSA) is 74.6 Å². The van der Waals surface area contributed by atoms with Crippen molar-refractivity contribution in [1.29, 1.82) is 0 Å². The second-order valence-electron chi connectivity index (χ2n) is 3.57. The van der Waals surface area contributed by atoms with Gasteiger partial charge < -0.3 is 10.2 Å². The van der Waals surface area contributed by atoms with Crippen LogP contribution in [0, 0.1) is 0 Å². The summed E-state index contributed by atoms with van der Waals surface area (Å²) in [6.07, 6.45) is 0.488. The van der Waals surface area contributed by atoms with Gasteiger partial charge in [0.05, 0.1) is 6.42 Å². The number of hydrogen-bond acceptors (Lipinski definition) is 3. The molecule has 1 aromatic carbocycles. The van der Waals surface area contributed by atoms with E-state index in [1.54, 1.807) is 24.3 Å². The van der Waals surface area contributed by atoms with E-state index in [-0.39, 0.29) is 6.42 Å². The molecule has 4 nitrogen and oxygen atoms in total. The van der Waals surface area contributed by atoms with Gasteiger partial charge in [0, 0.05) is 4.90 Å². The molecule has 0 amide bonds. The quantitative estimate of drug-likeness (QED) is 0.762. The summed E-state index contributed by atoms with van der Waals surface area (Å²) in [7, 11) is 0. The molecule has 17 heavy (non-hydrogen) atoms. The van der Waals surface area contributed by atoms with Gasteiger partial charge in [0.25, 0.3) is 0 Å². The molecular weight excluding hydrogens is 240 g/mol. The first-order chi connectivity index (χ1) is 8.02. The average molecular weight is 254 g/mol. The van der Waals surface area contributed by atoms with Crippen LogP contribution >= 0.6 is 11.8 Å². The third-order valence-corrected chi connectivity index (χ3v) is 3.52. The van der Waals surface area contributed by atoms with E-state index in [2.05, 4.69) is 0 Å². The van der Waals surface area contributed by atoms with Crippen LogP contribution in [0.3, 0.4) is 0 Å². The maximum atomic E-state index is 10.9. The summed E-state index contributed by atoms with van der Waals surface area (Å²) >= 11 is 1.25. The van der Waals surface area contributed by atoms with Gasteiger partial charge in [0.15, 0.2) is 0 Å². The van der Waals surface area contributed by atoms with Crippen molar-refractivity contribution < 1.29 is 19.8 Å². The fraction of sp³-hybridized carbons (Fsp3) is 0.333. The number of aliphatic carboxylic acids is 2. The Hall–Kier alpha value is -1.49. The zero-order valence-corrected chi connectivity index (χ0v) is 10.2. The number of benzene rings is 1. The number of rotatable bonds is 6. The average Bonchev–Trinajstić information content (AvgIpc) is 2.25. The minimum absolute atomic E-state index is 0.0434. The highest BCUT2D eigenvalue weighted by molar-refractivity contribution is 8.00. The van der Waals surface area contributed by atoms with E-state index < -0.39 is 17.2 Å². The molecule has 0 saturated carbocycles. The maximum Gasteiger partial charge on any atom is 0.316 e. The van der Waals surface area contributed by atoms with Crippen molar-refractivity contribution in [3.8, 4) is 0 Å². The highest BCUT2D eigenvalue weighted by Gasteiger charge is 2.16. The zero-order valence-electron chi connectivity index (χ0n) is 9.42. The Bertz CT molecular complexity index is 417. The van der Waals surface area contributed by atoms with Crippen LogP contribution in [-0.4, -0.2) is 27.4 Å². The molecular formula is C12H14O4S. The molecule has 5 heteroatoms. The van der Waals surface area contributed by atoms with Crippen LogP contribution in [-0.2, 0) is 16.0 Å². The normalized spacial score (nSPS) is 12.1. The van der Waals surface area contributed by atoms with E-state index in [1.165, 1.54) is 11.8 Å². The summed E-state index contributed by atoms with van der Waals surface area (Å²) in [5.74, 6) is -1.74. The summed E-state index contributed by atoms with van der Waals surface area (Å²) in [6.45, 7) is 1.81. The van der Waals surface area contributed by atoms with Crippen LogP contribution < -0.4 is 0 Å². The van der Waals surface area contributed by atoms with Crippen LogP contribution in [0.4, 0.5) is 0 Å². The first-order valence-corrected chi connectivity index (χ1v) is 6.11. The second kappa shape index (κ2) is 6.30. The van der Waals surface area contributed by atoms with Gasteiger partial charge in [-0.05, 0) is 24.1 Å². The van der Waals surface area contributed by atoms with Crippen LogP contribution in [0.25, 0.3) is 0 Å². The van der Waals surface area contributed by atoms with E-state index in [0.29, 0.717) is 12.0 Å². The van der Waals surface area contributed by atoms with Crippen molar-refractivity contribution in [2.24, 2.45) is 0 Å². The van der Waals surface area contributed by atoms with Gasteiger partial charge in [-0.15, -0.1) is 11.8 Å². The summed E-state index contributed by atoms with van der Waals surface area (Å²) in [6, 6.07) is 6.99. The van der Waals surface area contributed by atoms with E-state index in [9.17, 15) is 9.59 Å². The predicted octanol–water partition coefficient (Wildman–Crippen LogP) is 2.27. The second-order valence-corrected chi connectivity index (χ2v) is 4.85.